The second-order valence-electron chi connectivity index (χ2n) is 1.90. The molecule has 0 aromatic rings. The van der Waals surface area contributed by atoms with E-state index in [1.165, 1.54) is 13.8 Å². The fourth-order valence-electron chi connectivity index (χ4n) is 0.433. The molecule has 0 aliphatic rings. The van der Waals surface area contributed by atoms with Crippen molar-refractivity contribution in [2.24, 2.45) is 0 Å². The van der Waals surface area contributed by atoms with E-state index < -0.39 is 18.2 Å². The zero-order chi connectivity index (χ0) is 7.44. The molecule has 0 spiro atoms. The first-order valence-electron chi connectivity index (χ1n) is 2.71. The Labute approximate surface area is 81.9 Å². The summed E-state index contributed by atoms with van der Waals surface area (Å²) in [7, 11) is 0. The molecule has 0 aromatic carbocycles. The molecule has 2 atom stereocenters. The molecule has 0 fully saturated rings. The summed E-state index contributed by atoms with van der Waals surface area (Å²) in [6.07, 6.45) is -0.768. The van der Waals surface area contributed by atoms with E-state index >= 15 is 0 Å². The number of carboxylic acids is 1. The number of carboxylic acid groups (broad SMARTS) is 1. The molecule has 56 valence electrons. The first kappa shape index (κ1) is 13.0. The van der Waals surface area contributed by atoms with Gasteiger partial charge in [-0.3, -0.25) is 10.1 Å². The van der Waals surface area contributed by atoms with E-state index in [1.807, 2.05) is 0 Å². The van der Waals surface area contributed by atoms with Gasteiger partial charge in [0.15, 0.2) is 0 Å². The van der Waals surface area contributed by atoms with Crippen LogP contribution in [0.5, 0.6) is 0 Å². The van der Waals surface area contributed by atoms with Crippen LogP contribution in [0.1, 0.15) is 13.8 Å². The van der Waals surface area contributed by atoms with Gasteiger partial charge in [0.05, 0.1) is 0 Å². The summed E-state index contributed by atoms with van der Waals surface area (Å²) >= 11 is 0. The number of nitrogens with one attached hydrogen (secondary N) is 1. The Morgan fingerprint density at radius 1 is 1.50 bits per heavy atom. The third-order valence-electron chi connectivity index (χ3n) is 0.862. The number of aliphatic hydroxyl groups excluding tert-OH is 1. The van der Waals surface area contributed by atoms with Crippen LogP contribution in [0.15, 0.2) is 0 Å². The number of aliphatic carboxylic acids is 1. The second-order valence-corrected chi connectivity index (χ2v) is 1.90. The van der Waals surface area contributed by atoms with Gasteiger partial charge in [-0.1, -0.05) is 0 Å². The summed E-state index contributed by atoms with van der Waals surface area (Å²) in [6.45, 7) is 2.94. The topological polar surface area (TPSA) is 69.6 Å². The van der Waals surface area contributed by atoms with Crippen LogP contribution in [0.2, 0.25) is 0 Å². The van der Waals surface area contributed by atoms with Crippen molar-refractivity contribution in [3.8, 4) is 0 Å². The van der Waals surface area contributed by atoms with Gasteiger partial charge in [0.2, 0.25) is 0 Å². The van der Waals surface area contributed by atoms with Crippen LogP contribution in [0.25, 0.3) is 0 Å². The predicted octanol–water partition coefficient (Wildman–Crippen LogP) is -1.26. The molecule has 0 rings (SSSR count). The Balaban J connectivity index is 0. The maximum absolute atomic E-state index is 10.1. The van der Waals surface area contributed by atoms with Gasteiger partial charge in [-0.2, -0.15) is 0 Å². The average Bonchev–Trinajstić information content (AvgIpc) is 1.63. The van der Waals surface area contributed by atoms with Gasteiger partial charge in [-0.15, -0.1) is 0 Å². The Kier molecular flexibility index (Phi) is 7.97. The van der Waals surface area contributed by atoms with Crippen molar-refractivity contribution in [3.05, 3.63) is 0 Å². The van der Waals surface area contributed by atoms with Crippen molar-refractivity contribution in [1.82, 2.24) is 5.32 Å². The van der Waals surface area contributed by atoms with Crippen molar-refractivity contribution >= 4 is 35.5 Å². The van der Waals surface area contributed by atoms with E-state index in [0.29, 0.717) is 0 Å². The number of aliphatic hydroxyl groups is 1. The third-order valence-corrected chi connectivity index (χ3v) is 0.862. The summed E-state index contributed by atoms with van der Waals surface area (Å²) in [5.74, 6) is -0.962. The summed E-state index contributed by atoms with van der Waals surface area (Å²) in [4.78, 5) is 10.1. The van der Waals surface area contributed by atoms with Crippen LogP contribution in [-0.4, -0.2) is 58.0 Å². The summed E-state index contributed by atoms with van der Waals surface area (Å²) < 4.78 is 0. The molecule has 5 heteroatoms. The molecule has 3 N–H and O–H groups in total. The van der Waals surface area contributed by atoms with Crippen LogP contribution in [0, 0.1) is 0 Å². The van der Waals surface area contributed by atoms with Crippen LogP contribution < -0.4 is 5.32 Å². The van der Waals surface area contributed by atoms with Crippen molar-refractivity contribution in [3.63, 3.8) is 0 Å². The van der Waals surface area contributed by atoms with Crippen LogP contribution >= 0.6 is 0 Å². The quantitative estimate of drug-likeness (QED) is 0.353. The standard InChI is InChI=1S/C5H11NO3.Na.H/c1-3(5(8)9)6-4(2)7;;/h3-4,6-7H,1-2H3,(H,8,9);;. The molecule has 0 amide bonds. The third kappa shape index (κ3) is 6.51. The monoisotopic (exact) mass is 157 g/mol. The fourth-order valence-corrected chi connectivity index (χ4v) is 0.433. The SMILES string of the molecule is CC(O)NC(C)C(=O)O.[NaH]. The maximum atomic E-state index is 10.1. The summed E-state index contributed by atoms with van der Waals surface area (Å²) in [5.41, 5.74) is 0. The van der Waals surface area contributed by atoms with Crippen LogP contribution in [-0.2, 0) is 4.79 Å². The zero-order valence-electron chi connectivity index (χ0n) is 5.46. The first-order valence-corrected chi connectivity index (χ1v) is 2.71. The van der Waals surface area contributed by atoms with Gasteiger partial charge >= 0.3 is 35.5 Å². The van der Waals surface area contributed by atoms with Gasteiger partial charge in [0, 0.05) is 0 Å². The molecule has 0 aliphatic carbocycles. The molecule has 2 unspecified atom stereocenters. The fraction of sp³-hybridized carbons (Fsp3) is 0.800. The Morgan fingerprint density at radius 2 is 1.90 bits per heavy atom. The van der Waals surface area contributed by atoms with Crippen molar-refractivity contribution in [1.29, 1.82) is 0 Å². The molecule has 0 aliphatic heterocycles. The van der Waals surface area contributed by atoms with Gasteiger partial charge in [0.1, 0.15) is 12.3 Å². The molecule has 4 nitrogen and oxygen atoms in total. The summed E-state index contributed by atoms with van der Waals surface area (Å²) in [5, 5.41) is 19.3. The van der Waals surface area contributed by atoms with Crippen molar-refractivity contribution < 1.29 is 15.0 Å². The predicted molar refractivity (Wildman–Crippen MR) is 39.1 cm³/mol. The molecule has 0 saturated heterocycles. The Hall–Kier alpha value is 0.390. The molecule has 0 bridgehead atoms. The van der Waals surface area contributed by atoms with E-state index in [2.05, 4.69) is 5.32 Å². The zero-order valence-corrected chi connectivity index (χ0v) is 5.46. The number of carbonyl (C=O) groups is 1. The van der Waals surface area contributed by atoms with E-state index in [-0.39, 0.29) is 29.6 Å². The molecule has 0 radical (unpaired) electrons. The molecule has 0 aromatic heterocycles. The molecule has 0 heterocycles. The number of hydrogen-bond donors (Lipinski definition) is 3. The minimum atomic E-state index is -0.962. The van der Waals surface area contributed by atoms with Crippen LogP contribution in [0.3, 0.4) is 0 Å². The van der Waals surface area contributed by atoms with E-state index in [9.17, 15) is 4.79 Å². The second kappa shape index (κ2) is 6.12. The van der Waals surface area contributed by atoms with E-state index in [1.54, 1.807) is 0 Å². The molecular formula is C5H12NNaO3. The number of rotatable bonds is 3. The Morgan fingerprint density at radius 3 is 2.00 bits per heavy atom. The normalized spacial score (nSPS) is 15.1. The van der Waals surface area contributed by atoms with Crippen molar-refractivity contribution in [2.75, 3.05) is 0 Å². The summed E-state index contributed by atoms with van der Waals surface area (Å²) in [6, 6.07) is -0.690. The number of hydrogen-bond acceptors (Lipinski definition) is 3. The Bertz CT molecular complexity index is 107. The van der Waals surface area contributed by atoms with E-state index in [0.717, 1.165) is 0 Å². The van der Waals surface area contributed by atoms with E-state index in [4.69, 9.17) is 10.2 Å². The molecular weight excluding hydrogens is 145 g/mol. The minimum absolute atomic E-state index is 0. The van der Waals surface area contributed by atoms with Crippen molar-refractivity contribution in [2.45, 2.75) is 26.1 Å². The van der Waals surface area contributed by atoms with Crippen LogP contribution in [0.4, 0.5) is 0 Å². The van der Waals surface area contributed by atoms with Gasteiger partial charge in [-0.05, 0) is 13.8 Å². The molecule has 10 heavy (non-hydrogen) atoms. The van der Waals surface area contributed by atoms with Gasteiger partial charge in [-0.25, -0.2) is 0 Å². The average molecular weight is 157 g/mol. The van der Waals surface area contributed by atoms with Gasteiger partial charge < -0.3 is 10.2 Å². The molecule has 0 saturated carbocycles. The first-order chi connectivity index (χ1) is 4.04. The van der Waals surface area contributed by atoms with Gasteiger partial charge in [0.25, 0.3) is 0 Å².